The molecule has 1 amide bonds. The highest BCUT2D eigenvalue weighted by atomic mass is 32.1. The Labute approximate surface area is 154 Å². The van der Waals surface area contributed by atoms with Crippen LogP contribution in [0, 0.1) is 0 Å². The Morgan fingerprint density at radius 1 is 0.880 bits per heavy atom. The second-order valence-electron chi connectivity index (χ2n) is 6.01. The number of benzene rings is 2. The zero-order chi connectivity index (χ0) is 18.2. The maximum Gasteiger partial charge on any atom is 0.221 e. The van der Waals surface area contributed by atoms with E-state index in [2.05, 4.69) is 16.0 Å². The molecule has 3 N–H and O–H groups in total. The average molecular weight is 353 g/mol. The predicted molar refractivity (Wildman–Crippen MR) is 111 cm³/mol. The largest absolute Gasteiger partial charge is 0.360 e. The molecule has 2 aromatic carbocycles. The highest BCUT2D eigenvalue weighted by Crippen LogP contribution is 2.15. The zero-order valence-corrected chi connectivity index (χ0v) is 15.5. The van der Waals surface area contributed by atoms with Crippen LogP contribution in [0.4, 0.5) is 11.4 Å². The monoisotopic (exact) mass is 353 g/mol. The first kappa shape index (κ1) is 18.7. The van der Waals surface area contributed by atoms with Gasteiger partial charge in [0.25, 0.3) is 0 Å². The molecule has 25 heavy (non-hydrogen) atoms. The van der Waals surface area contributed by atoms with Crippen molar-refractivity contribution in [2.24, 2.45) is 0 Å². The van der Waals surface area contributed by atoms with Gasteiger partial charge in [-0.2, -0.15) is 0 Å². The first-order valence-electron chi connectivity index (χ1n) is 8.16. The van der Waals surface area contributed by atoms with Crippen molar-refractivity contribution in [3.05, 3.63) is 59.7 Å². The number of nitrogens with one attached hydrogen (secondary N) is 3. The second kappa shape index (κ2) is 8.99. The minimum absolute atomic E-state index is 0.0694. The Kier molecular flexibility index (Phi) is 6.71. The SMILES string of the molecule is CC(=O)Nc1ccc(C=Cc2ccc(NC(=S)NC(C)C)cc2)cc1. The van der Waals surface area contributed by atoms with E-state index in [4.69, 9.17) is 12.2 Å². The van der Waals surface area contributed by atoms with Gasteiger partial charge < -0.3 is 16.0 Å². The van der Waals surface area contributed by atoms with Crippen LogP contribution in [0.25, 0.3) is 12.2 Å². The number of hydrogen-bond donors (Lipinski definition) is 3. The van der Waals surface area contributed by atoms with Crippen LogP contribution in [0.1, 0.15) is 31.9 Å². The van der Waals surface area contributed by atoms with Gasteiger partial charge in [0.05, 0.1) is 0 Å². The highest BCUT2D eigenvalue weighted by molar-refractivity contribution is 7.80. The fourth-order valence-corrected chi connectivity index (χ4v) is 2.53. The lowest BCUT2D eigenvalue weighted by Gasteiger charge is -2.13. The number of thiocarbonyl (C=S) groups is 1. The number of hydrogen-bond acceptors (Lipinski definition) is 2. The average Bonchev–Trinajstić information content (AvgIpc) is 2.54. The van der Waals surface area contributed by atoms with Gasteiger partial charge in [0.2, 0.25) is 5.91 Å². The third-order valence-electron chi connectivity index (χ3n) is 3.29. The first-order chi connectivity index (χ1) is 11.9. The molecule has 0 aliphatic heterocycles. The quantitative estimate of drug-likeness (QED) is 0.547. The van der Waals surface area contributed by atoms with E-state index in [9.17, 15) is 4.79 Å². The fourth-order valence-electron chi connectivity index (χ4n) is 2.18. The predicted octanol–water partition coefficient (Wildman–Crippen LogP) is 4.51. The van der Waals surface area contributed by atoms with E-state index < -0.39 is 0 Å². The Morgan fingerprint density at radius 2 is 1.32 bits per heavy atom. The standard InChI is InChI=1S/C20H23N3OS/c1-14(2)21-20(25)23-19-12-8-17(9-13-19)5-4-16-6-10-18(11-7-16)22-15(3)24/h4-14H,1-3H3,(H,22,24)(H2,21,23,25). The minimum Gasteiger partial charge on any atom is -0.360 e. The molecule has 130 valence electrons. The number of carbonyl (C=O) groups is 1. The normalized spacial score (nSPS) is 10.7. The van der Waals surface area contributed by atoms with Gasteiger partial charge in [0.1, 0.15) is 0 Å². The highest BCUT2D eigenvalue weighted by Gasteiger charge is 1.99. The number of rotatable bonds is 5. The van der Waals surface area contributed by atoms with Gasteiger partial charge in [-0.05, 0) is 61.5 Å². The van der Waals surface area contributed by atoms with E-state index in [0.29, 0.717) is 11.2 Å². The molecule has 0 spiro atoms. The molecule has 5 heteroatoms. The van der Waals surface area contributed by atoms with Crippen LogP contribution in [-0.4, -0.2) is 17.1 Å². The molecule has 0 radical (unpaired) electrons. The van der Waals surface area contributed by atoms with Crippen molar-refractivity contribution >= 4 is 46.8 Å². The molecule has 0 saturated carbocycles. The van der Waals surface area contributed by atoms with Crippen molar-refractivity contribution in [2.45, 2.75) is 26.8 Å². The van der Waals surface area contributed by atoms with Crippen LogP contribution in [0.3, 0.4) is 0 Å². The molecular formula is C20H23N3OS. The van der Waals surface area contributed by atoms with Gasteiger partial charge >= 0.3 is 0 Å². The molecule has 0 unspecified atom stereocenters. The Balaban J connectivity index is 1.95. The second-order valence-corrected chi connectivity index (χ2v) is 6.42. The molecule has 0 atom stereocenters. The van der Waals surface area contributed by atoms with Gasteiger partial charge in [-0.25, -0.2) is 0 Å². The molecule has 0 aliphatic carbocycles. The van der Waals surface area contributed by atoms with Gasteiger partial charge in [-0.15, -0.1) is 0 Å². The summed E-state index contributed by atoms with van der Waals surface area (Å²) >= 11 is 5.23. The van der Waals surface area contributed by atoms with Crippen LogP contribution in [0.2, 0.25) is 0 Å². The lowest BCUT2D eigenvalue weighted by atomic mass is 10.1. The minimum atomic E-state index is -0.0694. The molecule has 0 heterocycles. The third kappa shape index (κ3) is 6.77. The Hall–Kier alpha value is -2.66. The Morgan fingerprint density at radius 3 is 1.72 bits per heavy atom. The van der Waals surface area contributed by atoms with Crippen molar-refractivity contribution in [2.75, 3.05) is 10.6 Å². The summed E-state index contributed by atoms with van der Waals surface area (Å²) in [4.78, 5) is 11.0. The summed E-state index contributed by atoms with van der Waals surface area (Å²) in [5, 5.41) is 9.68. The number of carbonyl (C=O) groups excluding carboxylic acids is 1. The van der Waals surface area contributed by atoms with E-state index >= 15 is 0 Å². The number of anilines is 2. The lowest BCUT2D eigenvalue weighted by Crippen LogP contribution is -2.33. The van der Waals surface area contributed by atoms with Crippen molar-refractivity contribution < 1.29 is 4.79 Å². The summed E-state index contributed by atoms with van der Waals surface area (Å²) in [6.07, 6.45) is 4.08. The van der Waals surface area contributed by atoms with Gasteiger partial charge in [0.15, 0.2) is 5.11 Å². The molecule has 2 rings (SSSR count). The summed E-state index contributed by atoms with van der Waals surface area (Å²) in [6.45, 7) is 5.59. The molecule has 4 nitrogen and oxygen atoms in total. The van der Waals surface area contributed by atoms with E-state index in [1.807, 2.05) is 74.5 Å². The Bertz CT molecular complexity index is 750. The summed E-state index contributed by atoms with van der Waals surface area (Å²) in [5.41, 5.74) is 3.92. The van der Waals surface area contributed by atoms with Crippen molar-refractivity contribution in [3.63, 3.8) is 0 Å². The summed E-state index contributed by atoms with van der Waals surface area (Å²) in [6, 6.07) is 16.1. The molecule has 0 fully saturated rings. The molecule has 0 saturated heterocycles. The fraction of sp³-hybridized carbons (Fsp3) is 0.200. The lowest BCUT2D eigenvalue weighted by molar-refractivity contribution is -0.114. The summed E-state index contributed by atoms with van der Waals surface area (Å²) in [5.74, 6) is -0.0694. The van der Waals surface area contributed by atoms with Gasteiger partial charge in [0, 0.05) is 24.3 Å². The molecule has 0 aliphatic rings. The zero-order valence-electron chi connectivity index (χ0n) is 14.7. The molecular weight excluding hydrogens is 330 g/mol. The topological polar surface area (TPSA) is 53.2 Å². The number of amides is 1. The molecule has 2 aromatic rings. The van der Waals surface area contributed by atoms with Crippen molar-refractivity contribution in [1.82, 2.24) is 5.32 Å². The maximum atomic E-state index is 11.0. The smallest absolute Gasteiger partial charge is 0.221 e. The van der Waals surface area contributed by atoms with E-state index in [1.54, 1.807) is 0 Å². The summed E-state index contributed by atoms with van der Waals surface area (Å²) in [7, 11) is 0. The van der Waals surface area contributed by atoms with E-state index in [1.165, 1.54) is 6.92 Å². The van der Waals surface area contributed by atoms with Gasteiger partial charge in [-0.3, -0.25) is 4.79 Å². The van der Waals surface area contributed by atoms with Crippen molar-refractivity contribution in [3.8, 4) is 0 Å². The third-order valence-corrected chi connectivity index (χ3v) is 3.51. The van der Waals surface area contributed by atoms with Crippen LogP contribution < -0.4 is 16.0 Å². The van der Waals surface area contributed by atoms with Crippen LogP contribution in [-0.2, 0) is 4.79 Å². The van der Waals surface area contributed by atoms with Crippen LogP contribution in [0.15, 0.2) is 48.5 Å². The first-order valence-corrected chi connectivity index (χ1v) is 8.56. The van der Waals surface area contributed by atoms with Gasteiger partial charge in [-0.1, -0.05) is 36.4 Å². The summed E-state index contributed by atoms with van der Waals surface area (Å²) < 4.78 is 0. The maximum absolute atomic E-state index is 11.0. The van der Waals surface area contributed by atoms with Crippen molar-refractivity contribution in [1.29, 1.82) is 0 Å². The molecule has 0 aromatic heterocycles. The van der Waals surface area contributed by atoms with Crippen LogP contribution in [0.5, 0.6) is 0 Å². The van der Waals surface area contributed by atoms with E-state index in [-0.39, 0.29) is 5.91 Å². The van der Waals surface area contributed by atoms with Crippen LogP contribution >= 0.6 is 12.2 Å². The van der Waals surface area contributed by atoms with E-state index in [0.717, 1.165) is 22.5 Å². The molecule has 0 bridgehead atoms.